The van der Waals surface area contributed by atoms with Crippen LogP contribution in [0, 0.1) is 5.92 Å². The van der Waals surface area contributed by atoms with Crippen LogP contribution in [-0.4, -0.2) is 0 Å². The van der Waals surface area contributed by atoms with E-state index in [4.69, 9.17) is 0 Å². The van der Waals surface area contributed by atoms with Crippen molar-refractivity contribution in [2.24, 2.45) is 5.92 Å². The first-order valence-electron chi connectivity index (χ1n) is 8.09. The fourth-order valence-corrected chi connectivity index (χ4v) is 6.13. The summed E-state index contributed by atoms with van der Waals surface area (Å²) in [6.07, 6.45) is 6.12. The molecular formula is C21H20Cl2Ti. The molecule has 0 N–H and O–H groups in total. The molecule has 0 aromatic heterocycles. The second-order valence-corrected chi connectivity index (χ2v) is 8.84. The third kappa shape index (κ3) is 3.44. The summed E-state index contributed by atoms with van der Waals surface area (Å²) in [5.74, 6) is 0.659. The van der Waals surface area contributed by atoms with Crippen LogP contribution < -0.4 is 24.8 Å². The number of benzene rings is 2. The van der Waals surface area contributed by atoms with Crippen molar-refractivity contribution in [2.45, 2.75) is 24.5 Å². The molecule has 4 rings (SSSR count). The van der Waals surface area contributed by atoms with Gasteiger partial charge in [-0.05, 0) is 0 Å². The molecule has 0 radical (unpaired) electrons. The van der Waals surface area contributed by atoms with E-state index in [0.717, 1.165) is 0 Å². The number of hydrogen-bond acceptors (Lipinski definition) is 0. The molecule has 0 heterocycles. The first-order valence-corrected chi connectivity index (χ1v) is 9.77. The number of fused-ring (bicyclic) bond motifs is 3. The van der Waals surface area contributed by atoms with Gasteiger partial charge >= 0.3 is 142 Å². The Morgan fingerprint density at radius 3 is 1.92 bits per heavy atom. The van der Waals surface area contributed by atoms with Gasteiger partial charge < -0.3 is 24.8 Å². The van der Waals surface area contributed by atoms with E-state index in [1.54, 1.807) is 20.6 Å². The normalized spacial score (nSPS) is 14.8. The largest absolute Gasteiger partial charge is 1.00 e. The second kappa shape index (κ2) is 8.06. The van der Waals surface area contributed by atoms with Crippen LogP contribution in [0.5, 0.6) is 0 Å². The van der Waals surface area contributed by atoms with Gasteiger partial charge in [0.15, 0.2) is 0 Å². The van der Waals surface area contributed by atoms with Crippen LogP contribution in [0.2, 0.25) is 0 Å². The van der Waals surface area contributed by atoms with E-state index in [2.05, 4.69) is 74.5 Å². The van der Waals surface area contributed by atoms with Gasteiger partial charge in [0, 0.05) is 0 Å². The molecule has 24 heavy (non-hydrogen) atoms. The molecule has 0 fully saturated rings. The van der Waals surface area contributed by atoms with Crippen molar-refractivity contribution in [3.63, 3.8) is 0 Å². The number of halogens is 2. The molecular weight excluding hydrogens is 371 g/mol. The van der Waals surface area contributed by atoms with Crippen LogP contribution in [0.25, 0.3) is 11.1 Å². The smallest absolute Gasteiger partial charge is 1.00 e. The van der Waals surface area contributed by atoms with Crippen LogP contribution in [-0.2, 0) is 19.2 Å². The average molecular weight is 391 g/mol. The monoisotopic (exact) mass is 390 g/mol. The molecule has 0 spiro atoms. The maximum absolute atomic E-state index is 2.49. The van der Waals surface area contributed by atoms with E-state index in [9.17, 15) is 0 Å². The van der Waals surface area contributed by atoms with Crippen molar-refractivity contribution in [3.05, 3.63) is 81.3 Å². The zero-order valence-corrected chi connectivity index (χ0v) is 17.0. The van der Waals surface area contributed by atoms with Crippen LogP contribution in [0.1, 0.15) is 35.6 Å². The van der Waals surface area contributed by atoms with Gasteiger partial charge in [-0.3, -0.25) is 0 Å². The van der Waals surface area contributed by atoms with E-state index in [-0.39, 0.29) is 44.0 Å². The molecule has 0 saturated heterocycles. The molecule has 0 aliphatic heterocycles. The Balaban J connectivity index is 0.00000104. The zero-order chi connectivity index (χ0) is 15.1. The van der Waals surface area contributed by atoms with Gasteiger partial charge in [0.05, 0.1) is 0 Å². The second-order valence-electron chi connectivity index (χ2n) is 6.48. The average Bonchev–Trinajstić information content (AvgIpc) is 3.13. The van der Waals surface area contributed by atoms with Crippen molar-refractivity contribution in [1.29, 1.82) is 0 Å². The van der Waals surface area contributed by atoms with Crippen molar-refractivity contribution in [2.75, 3.05) is 0 Å². The van der Waals surface area contributed by atoms with Gasteiger partial charge in [0.1, 0.15) is 0 Å². The Morgan fingerprint density at radius 2 is 1.42 bits per heavy atom. The maximum Gasteiger partial charge on any atom is -1.00 e. The summed E-state index contributed by atoms with van der Waals surface area (Å²) >= 11 is -0.162. The van der Waals surface area contributed by atoms with Crippen LogP contribution >= 0.6 is 0 Å². The SMILES string of the molecule is CC(C)C1=CC[C]([Ti+2][CH]2c3ccccc3-c3ccccc32)=C1.[Cl-].[Cl-]. The zero-order valence-electron chi connectivity index (χ0n) is 13.9. The standard InChI is InChI=1S/C13H9.C8H11.2ClH.Ti/c1-3-7-12-10(5-1)9-11-6-2-4-8-13(11)12;1-7(2)8-5-3-4-6-8;;;/h1-9H;5-7H,3H2,1-2H3;2*1H;/q;;;;+2/p-2. The molecule has 2 aliphatic carbocycles. The Bertz CT molecular complexity index is 744. The molecule has 0 nitrogen and oxygen atoms in total. The summed E-state index contributed by atoms with van der Waals surface area (Å²) < 4.78 is 2.36. The predicted octanol–water partition coefficient (Wildman–Crippen LogP) is -0.283. The van der Waals surface area contributed by atoms with Crippen molar-refractivity contribution in [3.8, 4) is 11.1 Å². The molecule has 2 aromatic rings. The Labute approximate surface area is 166 Å². The van der Waals surface area contributed by atoms with E-state index < -0.39 is 0 Å². The molecule has 2 aromatic carbocycles. The molecule has 0 bridgehead atoms. The van der Waals surface area contributed by atoms with Gasteiger partial charge in [-0.15, -0.1) is 0 Å². The molecule has 0 atom stereocenters. The van der Waals surface area contributed by atoms with Gasteiger partial charge in [0.2, 0.25) is 0 Å². The fraction of sp³-hybridized carbons (Fsp3) is 0.238. The first-order chi connectivity index (χ1) is 10.7. The summed E-state index contributed by atoms with van der Waals surface area (Å²) in [7, 11) is 0. The van der Waals surface area contributed by atoms with E-state index in [1.165, 1.54) is 17.5 Å². The minimum absolute atomic E-state index is 0. The number of rotatable bonds is 3. The summed E-state index contributed by atoms with van der Waals surface area (Å²) in [6.45, 7) is 4.59. The topological polar surface area (TPSA) is 0 Å². The third-order valence-corrected chi connectivity index (χ3v) is 7.27. The first kappa shape index (κ1) is 19.5. The molecule has 122 valence electrons. The summed E-state index contributed by atoms with van der Waals surface area (Å²) in [5, 5.41) is 0. The number of allylic oxidation sites excluding steroid dienone is 4. The predicted molar refractivity (Wildman–Crippen MR) is 89.3 cm³/mol. The maximum atomic E-state index is 2.49. The third-order valence-electron chi connectivity index (χ3n) is 4.73. The fourth-order valence-electron chi connectivity index (χ4n) is 3.55. The van der Waals surface area contributed by atoms with E-state index in [0.29, 0.717) is 10.1 Å². The Morgan fingerprint density at radius 1 is 0.875 bits per heavy atom. The van der Waals surface area contributed by atoms with Crippen LogP contribution in [0.4, 0.5) is 0 Å². The minimum atomic E-state index is -0.162. The van der Waals surface area contributed by atoms with Crippen molar-refractivity contribution < 1.29 is 44.0 Å². The van der Waals surface area contributed by atoms with Crippen LogP contribution in [0.3, 0.4) is 0 Å². The minimum Gasteiger partial charge on any atom is -1.00 e. The van der Waals surface area contributed by atoms with Gasteiger partial charge in [-0.25, -0.2) is 0 Å². The van der Waals surface area contributed by atoms with Gasteiger partial charge in [-0.1, -0.05) is 0 Å². The van der Waals surface area contributed by atoms with Gasteiger partial charge in [0.25, 0.3) is 0 Å². The van der Waals surface area contributed by atoms with E-state index >= 15 is 0 Å². The van der Waals surface area contributed by atoms with Crippen LogP contribution in [0.15, 0.2) is 70.1 Å². The van der Waals surface area contributed by atoms with Crippen molar-refractivity contribution >= 4 is 0 Å². The molecule has 0 saturated carbocycles. The van der Waals surface area contributed by atoms with Gasteiger partial charge in [-0.2, -0.15) is 0 Å². The van der Waals surface area contributed by atoms with E-state index in [1.807, 2.05) is 0 Å². The molecule has 0 amide bonds. The quantitative estimate of drug-likeness (QED) is 0.632. The summed E-state index contributed by atoms with van der Waals surface area (Å²) in [4.78, 5) is 0. The molecule has 2 aliphatic rings. The Hall–Kier alpha value is -0.786. The Kier molecular flexibility index (Phi) is 6.56. The summed E-state index contributed by atoms with van der Waals surface area (Å²) in [5.41, 5.74) is 7.58. The number of hydrogen-bond donors (Lipinski definition) is 0. The summed E-state index contributed by atoms with van der Waals surface area (Å²) in [6, 6.07) is 18.0. The molecule has 3 heteroatoms. The van der Waals surface area contributed by atoms with Crippen molar-refractivity contribution in [1.82, 2.24) is 0 Å². The molecule has 0 unspecified atom stereocenters.